The molecule has 1 fully saturated rings. The van der Waals surface area contributed by atoms with E-state index in [0.29, 0.717) is 10.8 Å². The van der Waals surface area contributed by atoms with Crippen LogP contribution in [0.3, 0.4) is 0 Å². The van der Waals surface area contributed by atoms with Crippen molar-refractivity contribution in [2.75, 3.05) is 7.05 Å². The fourth-order valence-electron chi connectivity index (χ4n) is 2.33. The Hall–Kier alpha value is -0.470. The summed E-state index contributed by atoms with van der Waals surface area (Å²) >= 11 is 0. The standard InChI is InChI=1S/C8H17N.C6H7O2P/c1-7-4-5-8(2,6-7)9-3;7-9(8)6-4-2-1-3-5-6/h7,9H,4-6H2,1-3H3;1-5,7-8H. The molecule has 1 saturated carbocycles. The molecule has 2 unspecified atom stereocenters. The summed E-state index contributed by atoms with van der Waals surface area (Å²) < 4.78 is 0. The average molecular weight is 269 g/mol. The summed E-state index contributed by atoms with van der Waals surface area (Å²) in [7, 11) is 0.172. The Morgan fingerprint density at radius 1 is 1.28 bits per heavy atom. The molecule has 0 aliphatic heterocycles. The maximum absolute atomic E-state index is 8.64. The molecule has 18 heavy (non-hydrogen) atoms. The van der Waals surface area contributed by atoms with Gasteiger partial charge in [-0.3, -0.25) is 0 Å². The summed E-state index contributed by atoms with van der Waals surface area (Å²) in [6.07, 6.45) is 4.10. The van der Waals surface area contributed by atoms with Crippen LogP contribution in [0.15, 0.2) is 30.3 Å². The summed E-state index contributed by atoms with van der Waals surface area (Å²) in [5.74, 6) is 0.933. The van der Waals surface area contributed by atoms with Gasteiger partial charge in [-0.1, -0.05) is 25.1 Å². The lowest BCUT2D eigenvalue weighted by Crippen LogP contribution is -2.36. The van der Waals surface area contributed by atoms with Crippen LogP contribution < -0.4 is 10.6 Å². The Bertz CT molecular complexity index is 345. The molecule has 0 spiro atoms. The number of hydrogen-bond donors (Lipinski definition) is 3. The van der Waals surface area contributed by atoms with Crippen molar-refractivity contribution in [3.63, 3.8) is 0 Å². The molecule has 0 bridgehead atoms. The monoisotopic (exact) mass is 269 g/mol. The molecule has 0 aromatic heterocycles. The topological polar surface area (TPSA) is 52.5 Å². The molecule has 1 aliphatic carbocycles. The van der Waals surface area contributed by atoms with Gasteiger partial charge in [-0.25, -0.2) is 0 Å². The van der Waals surface area contributed by atoms with Gasteiger partial charge in [0.15, 0.2) is 8.38 Å². The maximum atomic E-state index is 8.64. The fraction of sp³-hybridized carbons (Fsp3) is 0.571. The highest BCUT2D eigenvalue weighted by Crippen LogP contribution is 2.33. The lowest BCUT2D eigenvalue weighted by molar-refractivity contribution is 0.384. The third-order valence-corrected chi connectivity index (χ3v) is 4.34. The number of nitrogens with one attached hydrogen (secondary N) is 1. The summed E-state index contributed by atoms with van der Waals surface area (Å²) in [4.78, 5) is 17.3. The minimum Gasteiger partial charge on any atom is -0.347 e. The predicted molar refractivity (Wildman–Crippen MR) is 77.9 cm³/mol. The third kappa shape index (κ3) is 5.03. The zero-order valence-electron chi connectivity index (χ0n) is 11.4. The van der Waals surface area contributed by atoms with Crippen molar-refractivity contribution in [3.8, 4) is 0 Å². The minimum absolute atomic E-state index is 0.458. The predicted octanol–water partition coefficient (Wildman–Crippen LogP) is 2.39. The number of rotatable bonds is 2. The second kappa shape index (κ2) is 7.20. The van der Waals surface area contributed by atoms with E-state index in [9.17, 15) is 0 Å². The van der Waals surface area contributed by atoms with Crippen LogP contribution in [0.25, 0.3) is 0 Å². The van der Waals surface area contributed by atoms with E-state index in [-0.39, 0.29) is 0 Å². The summed E-state index contributed by atoms with van der Waals surface area (Å²) in [6.45, 7) is 4.65. The van der Waals surface area contributed by atoms with Gasteiger partial charge in [-0.15, -0.1) is 0 Å². The van der Waals surface area contributed by atoms with Gasteiger partial charge in [0.2, 0.25) is 0 Å². The second-order valence-electron chi connectivity index (χ2n) is 5.28. The highest BCUT2D eigenvalue weighted by molar-refractivity contribution is 7.53. The molecule has 3 N–H and O–H groups in total. The van der Waals surface area contributed by atoms with Gasteiger partial charge in [0.1, 0.15) is 0 Å². The zero-order valence-corrected chi connectivity index (χ0v) is 12.3. The Balaban J connectivity index is 0.000000180. The third-order valence-electron chi connectivity index (χ3n) is 3.58. The molecule has 1 aromatic carbocycles. The minimum atomic E-state index is -1.90. The lowest BCUT2D eigenvalue weighted by atomic mass is 10.00. The molecule has 0 radical (unpaired) electrons. The first-order chi connectivity index (χ1) is 8.47. The van der Waals surface area contributed by atoms with Gasteiger partial charge in [0.05, 0.1) is 0 Å². The van der Waals surface area contributed by atoms with Gasteiger partial charge >= 0.3 is 0 Å². The fourth-order valence-corrected chi connectivity index (χ4v) is 2.77. The molecule has 2 atom stereocenters. The Morgan fingerprint density at radius 3 is 2.17 bits per heavy atom. The lowest BCUT2D eigenvalue weighted by Gasteiger charge is -2.22. The molecule has 3 nitrogen and oxygen atoms in total. The zero-order chi connectivity index (χ0) is 13.6. The van der Waals surface area contributed by atoms with Crippen molar-refractivity contribution in [2.45, 2.75) is 38.6 Å². The van der Waals surface area contributed by atoms with Gasteiger partial charge < -0.3 is 15.1 Å². The first-order valence-corrected chi connectivity index (χ1v) is 7.63. The molecule has 1 aromatic rings. The Morgan fingerprint density at radius 2 is 1.89 bits per heavy atom. The van der Waals surface area contributed by atoms with Gasteiger partial charge in [0, 0.05) is 10.8 Å². The average Bonchev–Trinajstić information content (AvgIpc) is 2.72. The number of hydrogen-bond acceptors (Lipinski definition) is 3. The highest BCUT2D eigenvalue weighted by Gasteiger charge is 2.30. The van der Waals surface area contributed by atoms with E-state index in [1.165, 1.54) is 19.3 Å². The Labute approximate surface area is 111 Å². The maximum Gasteiger partial charge on any atom is 0.199 e. The van der Waals surface area contributed by atoms with E-state index in [4.69, 9.17) is 9.79 Å². The Kier molecular flexibility index (Phi) is 6.24. The van der Waals surface area contributed by atoms with E-state index < -0.39 is 8.38 Å². The normalized spacial score (nSPS) is 26.9. The SMILES string of the molecule is CNC1(C)CCC(C)C1.OP(O)c1ccccc1. The van der Waals surface area contributed by atoms with Crippen LogP contribution in [0.5, 0.6) is 0 Å². The van der Waals surface area contributed by atoms with Crippen molar-refractivity contribution in [3.05, 3.63) is 30.3 Å². The quantitative estimate of drug-likeness (QED) is 0.723. The van der Waals surface area contributed by atoms with Crippen LogP contribution in [-0.4, -0.2) is 22.4 Å². The van der Waals surface area contributed by atoms with Crippen molar-refractivity contribution < 1.29 is 9.79 Å². The van der Waals surface area contributed by atoms with E-state index in [2.05, 4.69) is 26.2 Å². The van der Waals surface area contributed by atoms with Crippen molar-refractivity contribution in [2.24, 2.45) is 5.92 Å². The molecular formula is C14H24NO2P. The number of benzene rings is 1. The molecule has 1 aliphatic rings. The molecule has 0 amide bonds. The van der Waals surface area contributed by atoms with Crippen LogP contribution in [0.1, 0.15) is 33.1 Å². The molecular weight excluding hydrogens is 245 g/mol. The largest absolute Gasteiger partial charge is 0.347 e. The smallest absolute Gasteiger partial charge is 0.199 e. The van der Waals surface area contributed by atoms with Crippen molar-refractivity contribution >= 4 is 13.7 Å². The van der Waals surface area contributed by atoms with Crippen molar-refractivity contribution in [1.29, 1.82) is 0 Å². The molecule has 2 rings (SSSR count). The van der Waals surface area contributed by atoms with Crippen LogP contribution >= 0.6 is 8.38 Å². The van der Waals surface area contributed by atoms with Crippen LogP contribution in [0.2, 0.25) is 0 Å². The van der Waals surface area contributed by atoms with Gasteiger partial charge in [-0.05, 0) is 51.3 Å². The van der Waals surface area contributed by atoms with Crippen LogP contribution in [-0.2, 0) is 0 Å². The van der Waals surface area contributed by atoms with Crippen LogP contribution in [0, 0.1) is 5.92 Å². The van der Waals surface area contributed by atoms with E-state index in [0.717, 1.165) is 5.92 Å². The molecule has 4 heteroatoms. The van der Waals surface area contributed by atoms with E-state index in [1.54, 1.807) is 24.3 Å². The summed E-state index contributed by atoms with van der Waals surface area (Å²) in [5.41, 5.74) is 0.458. The summed E-state index contributed by atoms with van der Waals surface area (Å²) in [5, 5.41) is 3.96. The molecule has 0 heterocycles. The van der Waals surface area contributed by atoms with Crippen molar-refractivity contribution in [1.82, 2.24) is 5.32 Å². The van der Waals surface area contributed by atoms with Gasteiger partial charge in [-0.2, -0.15) is 0 Å². The second-order valence-corrected chi connectivity index (χ2v) is 6.38. The summed E-state index contributed by atoms with van der Waals surface area (Å²) in [6, 6.07) is 8.76. The van der Waals surface area contributed by atoms with E-state index >= 15 is 0 Å². The van der Waals surface area contributed by atoms with E-state index in [1.807, 2.05) is 6.07 Å². The first-order valence-electron chi connectivity index (χ1n) is 6.39. The molecule has 0 saturated heterocycles. The highest BCUT2D eigenvalue weighted by atomic mass is 31.2. The van der Waals surface area contributed by atoms with Crippen LogP contribution in [0.4, 0.5) is 0 Å². The molecule has 102 valence electrons. The first kappa shape index (κ1) is 15.6. The van der Waals surface area contributed by atoms with Gasteiger partial charge in [0.25, 0.3) is 0 Å².